The topological polar surface area (TPSA) is 52.7 Å². The third kappa shape index (κ3) is 5.67. The number of benzene rings is 1. The van der Waals surface area contributed by atoms with E-state index in [-0.39, 0.29) is 12.4 Å². The Balaban J connectivity index is 0.00000261. The van der Waals surface area contributed by atoms with Gasteiger partial charge in [-0.3, -0.25) is 0 Å². The monoisotopic (exact) mass is 415 g/mol. The van der Waals surface area contributed by atoms with Gasteiger partial charge in [-0.15, -0.1) is 12.4 Å². The molecule has 0 saturated carbocycles. The Morgan fingerprint density at radius 3 is 2.22 bits per heavy atom. The number of hydrogen-bond acceptors (Lipinski definition) is 4. The quantitative estimate of drug-likeness (QED) is 0.776. The van der Waals surface area contributed by atoms with Gasteiger partial charge in [0.25, 0.3) is 0 Å². The molecule has 0 spiro atoms. The van der Waals surface area contributed by atoms with Crippen LogP contribution >= 0.6 is 12.4 Å². The lowest BCUT2D eigenvalue weighted by Crippen LogP contribution is -2.50. The Labute approximate surface area is 171 Å². The highest BCUT2D eigenvalue weighted by Crippen LogP contribution is 2.23. The summed E-state index contributed by atoms with van der Waals surface area (Å²) >= 11 is 0. The van der Waals surface area contributed by atoms with Crippen LogP contribution < -0.4 is 5.32 Å². The molecular formula is C20H34ClN3O2S. The van der Waals surface area contributed by atoms with Crippen LogP contribution in [0.5, 0.6) is 0 Å². The van der Waals surface area contributed by atoms with E-state index in [1.807, 2.05) is 12.1 Å². The molecule has 2 heterocycles. The highest BCUT2D eigenvalue weighted by atomic mass is 35.5. The van der Waals surface area contributed by atoms with Gasteiger partial charge in [-0.05, 0) is 61.9 Å². The predicted molar refractivity (Wildman–Crippen MR) is 113 cm³/mol. The normalized spacial score (nSPS) is 21.6. The summed E-state index contributed by atoms with van der Waals surface area (Å²) in [6.45, 7) is 10.5. The minimum Gasteiger partial charge on any atom is -0.317 e. The maximum absolute atomic E-state index is 12.9. The molecule has 2 aliphatic rings. The molecule has 1 unspecified atom stereocenters. The van der Waals surface area contributed by atoms with E-state index in [0.29, 0.717) is 23.9 Å². The zero-order chi connectivity index (χ0) is 18.6. The van der Waals surface area contributed by atoms with Crippen LogP contribution in [-0.2, 0) is 10.0 Å². The van der Waals surface area contributed by atoms with Gasteiger partial charge >= 0.3 is 0 Å². The summed E-state index contributed by atoms with van der Waals surface area (Å²) in [4.78, 5) is 2.87. The lowest BCUT2D eigenvalue weighted by atomic mass is 9.97. The fraction of sp³-hybridized carbons (Fsp3) is 0.700. The molecule has 154 valence electrons. The first-order valence-electron chi connectivity index (χ1n) is 10.0. The van der Waals surface area contributed by atoms with E-state index in [1.54, 1.807) is 16.4 Å². The largest absolute Gasteiger partial charge is 0.317 e. The van der Waals surface area contributed by atoms with Gasteiger partial charge in [-0.2, -0.15) is 4.31 Å². The summed E-state index contributed by atoms with van der Waals surface area (Å²) in [5, 5.41) is 3.41. The van der Waals surface area contributed by atoms with Crippen LogP contribution in [0.3, 0.4) is 0 Å². The third-order valence-corrected chi connectivity index (χ3v) is 7.92. The molecule has 0 amide bonds. The van der Waals surface area contributed by atoms with E-state index in [2.05, 4.69) is 24.1 Å². The van der Waals surface area contributed by atoms with E-state index >= 15 is 0 Å². The van der Waals surface area contributed by atoms with Crippen molar-refractivity contribution in [2.75, 3.05) is 45.8 Å². The van der Waals surface area contributed by atoms with Crippen molar-refractivity contribution >= 4 is 22.4 Å². The number of piperidine rings is 1. The zero-order valence-corrected chi connectivity index (χ0v) is 18.2. The van der Waals surface area contributed by atoms with Crippen molar-refractivity contribution < 1.29 is 8.42 Å². The number of nitrogens with zero attached hydrogens (tertiary/aromatic N) is 2. The lowest BCUT2D eigenvalue weighted by molar-refractivity contribution is 0.152. The number of sulfonamides is 1. The first kappa shape index (κ1) is 22.6. The highest BCUT2D eigenvalue weighted by Gasteiger charge is 2.29. The third-order valence-electron chi connectivity index (χ3n) is 6.01. The summed E-state index contributed by atoms with van der Waals surface area (Å²) in [6, 6.07) is 7.49. The fourth-order valence-electron chi connectivity index (χ4n) is 3.93. The van der Waals surface area contributed by atoms with E-state index < -0.39 is 10.0 Å². The summed E-state index contributed by atoms with van der Waals surface area (Å²) < 4.78 is 27.5. The second-order valence-electron chi connectivity index (χ2n) is 7.78. The maximum atomic E-state index is 12.9. The first-order chi connectivity index (χ1) is 12.5. The molecule has 1 atom stereocenters. The van der Waals surface area contributed by atoms with Crippen LogP contribution in [0.25, 0.3) is 0 Å². The molecule has 1 aromatic carbocycles. The molecule has 0 radical (unpaired) electrons. The Morgan fingerprint density at radius 1 is 1.07 bits per heavy atom. The summed E-state index contributed by atoms with van der Waals surface area (Å²) in [7, 11) is -3.37. The van der Waals surface area contributed by atoms with Gasteiger partial charge in [-0.25, -0.2) is 8.42 Å². The fourth-order valence-corrected chi connectivity index (χ4v) is 5.36. The van der Waals surface area contributed by atoms with Gasteiger partial charge in [0.05, 0.1) is 4.90 Å². The Morgan fingerprint density at radius 2 is 1.67 bits per heavy atom. The molecule has 27 heavy (non-hydrogen) atoms. The van der Waals surface area contributed by atoms with Crippen molar-refractivity contribution in [1.29, 1.82) is 0 Å². The molecule has 7 heteroatoms. The molecule has 5 nitrogen and oxygen atoms in total. The summed E-state index contributed by atoms with van der Waals surface area (Å²) in [5.41, 5.74) is 1.21. The van der Waals surface area contributed by atoms with Gasteiger partial charge in [-0.1, -0.05) is 26.0 Å². The lowest BCUT2D eigenvalue weighted by Gasteiger charge is -2.36. The second kappa shape index (κ2) is 10.2. The van der Waals surface area contributed by atoms with Crippen molar-refractivity contribution in [2.24, 2.45) is 5.92 Å². The first-order valence-corrected chi connectivity index (χ1v) is 11.5. The van der Waals surface area contributed by atoms with Crippen LogP contribution in [0.4, 0.5) is 0 Å². The van der Waals surface area contributed by atoms with Gasteiger partial charge in [0, 0.05) is 32.7 Å². The van der Waals surface area contributed by atoms with Gasteiger partial charge in [0.15, 0.2) is 0 Å². The average molecular weight is 416 g/mol. The Bertz CT molecular complexity index is 667. The molecule has 1 aromatic rings. The van der Waals surface area contributed by atoms with Crippen LogP contribution in [-0.4, -0.2) is 63.4 Å². The number of rotatable bonds is 6. The van der Waals surface area contributed by atoms with E-state index in [4.69, 9.17) is 0 Å². The van der Waals surface area contributed by atoms with Crippen molar-refractivity contribution in [3.8, 4) is 0 Å². The van der Waals surface area contributed by atoms with Crippen LogP contribution in [0.1, 0.15) is 44.6 Å². The van der Waals surface area contributed by atoms with Crippen molar-refractivity contribution in [1.82, 2.24) is 14.5 Å². The second-order valence-corrected chi connectivity index (χ2v) is 9.71. The molecule has 0 aliphatic carbocycles. The zero-order valence-electron chi connectivity index (χ0n) is 16.6. The summed E-state index contributed by atoms with van der Waals surface area (Å²) in [5.74, 6) is 1.22. The van der Waals surface area contributed by atoms with Crippen LogP contribution in [0, 0.1) is 5.92 Å². The molecule has 0 aromatic heterocycles. The van der Waals surface area contributed by atoms with E-state index in [1.165, 1.54) is 18.4 Å². The Hall–Kier alpha value is -0.660. The maximum Gasteiger partial charge on any atom is 0.243 e. The molecule has 3 rings (SSSR count). The highest BCUT2D eigenvalue weighted by molar-refractivity contribution is 7.89. The minimum absolute atomic E-state index is 0. The van der Waals surface area contributed by atoms with E-state index in [9.17, 15) is 8.42 Å². The van der Waals surface area contributed by atoms with E-state index in [0.717, 1.165) is 45.1 Å². The Kier molecular flexibility index (Phi) is 8.56. The number of hydrogen-bond donors (Lipinski definition) is 1. The average Bonchev–Trinajstić information content (AvgIpc) is 2.68. The predicted octanol–water partition coefficient (Wildman–Crippen LogP) is 2.93. The molecule has 1 N–H and O–H groups in total. The van der Waals surface area contributed by atoms with Gasteiger partial charge in [0.1, 0.15) is 0 Å². The number of halogens is 1. The van der Waals surface area contributed by atoms with Crippen molar-refractivity contribution in [3.63, 3.8) is 0 Å². The molecule has 2 fully saturated rings. The van der Waals surface area contributed by atoms with Gasteiger partial charge < -0.3 is 10.2 Å². The molecule has 2 aliphatic heterocycles. The smallest absolute Gasteiger partial charge is 0.243 e. The van der Waals surface area contributed by atoms with Crippen molar-refractivity contribution in [2.45, 2.75) is 43.9 Å². The van der Waals surface area contributed by atoms with Crippen molar-refractivity contribution in [3.05, 3.63) is 29.8 Å². The number of nitrogens with one attached hydrogen (secondary N) is 1. The van der Waals surface area contributed by atoms with Crippen LogP contribution in [0.15, 0.2) is 29.2 Å². The standard InChI is InChI=1S/C20H33N3O2S.ClH/c1-3-17(2)19-4-6-20(7-5-19)26(24,25)23-14-12-22(13-15-23)16-18-8-10-21-11-9-18;/h4-7,17-18,21H,3,8-16H2,1-2H3;1H. The van der Waals surface area contributed by atoms with Gasteiger partial charge in [0.2, 0.25) is 10.0 Å². The molecular weight excluding hydrogens is 382 g/mol. The van der Waals surface area contributed by atoms with Crippen LogP contribution in [0.2, 0.25) is 0 Å². The summed E-state index contributed by atoms with van der Waals surface area (Å²) in [6.07, 6.45) is 3.53. The minimum atomic E-state index is -3.37. The molecule has 0 bridgehead atoms. The SMILES string of the molecule is CCC(C)c1ccc(S(=O)(=O)N2CCN(CC3CCNCC3)CC2)cc1.Cl. The number of piperazine rings is 1. The molecule has 2 saturated heterocycles.